The lowest BCUT2D eigenvalue weighted by Crippen LogP contribution is -2.22. The first-order valence-electron chi connectivity index (χ1n) is 6.56. The van der Waals surface area contributed by atoms with Crippen LogP contribution in [0.5, 0.6) is 5.88 Å². The molecule has 0 unspecified atom stereocenters. The van der Waals surface area contributed by atoms with E-state index in [4.69, 9.17) is 15.2 Å². The summed E-state index contributed by atoms with van der Waals surface area (Å²) in [5, 5.41) is 0. The van der Waals surface area contributed by atoms with E-state index >= 15 is 0 Å². The van der Waals surface area contributed by atoms with Crippen molar-refractivity contribution in [1.29, 1.82) is 0 Å². The molecule has 1 aromatic carbocycles. The lowest BCUT2D eigenvalue weighted by atomic mass is 10.0. The molecule has 0 aliphatic carbocycles. The van der Waals surface area contributed by atoms with Gasteiger partial charge in [-0.25, -0.2) is 9.97 Å². The number of nitrogens with zero attached hydrogens (tertiary/aromatic N) is 2. The van der Waals surface area contributed by atoms with Crippen LogP contribution in [0, 0.1) is 5.92 Å². The van der Waals surface area contributed by atoms with Crippen molar-refractivity contribution in [3.05, 3.63) is 24.3 Å². The van der Waals surface area contributed by atoms with Gasteiger partial charge in [0.25, 0.3) is 5.88 Å². The highest BCUT2D eigenvalue weighted by atomic mass is 16.5. The number of hydrogen-bond donors (Lipinski definition) is 1. The predicted molar refractivity (Wildman–Crippen MR) is 73.0 cm³/mol. The Labute approximate surface area is 111 Å². The maximum Gasteiger partial charge on any atom is 0.257 e. The largest absolute Gasteiger partial charge is 0.475 e. The van der Waals surface area contributed by atoms with Crippen LogP contribution in [0.15, 0.2) is 24.3 Å². The summed E-state index contributed by atoms with van der Waals surface area (Å²) in [7, 11) is 0. The van der Waals surface area contributed by atoms with E-state index in [1.54, 1.807) is 0 Å². The zero-order chi connectivity index (χ0) is 13.1. The summed E-state index contributed by atoms with van der Waals surface area (Å²) in [4.78, 5) is 8.72. The van der Waals surface area contributed by atoms with Gasteiger partial charge in [0.15, 0.2) is 5.82 Å². The third-order valence-corrected chi connectivity index (χ3v) is 3.36. The third kappa shape index (κ3) is 2.76. The zero-order valence-electron chi connectivity index (χ0n) is 10.7. The van der Waals surface area contributed by atoms with Gasteiger partial charge in [0.2, 0.25) is 0 Å². The zero-order valence-corrected chi connectivity index (χ0v) is 10.7. The molecule has 0 radical (unpaired) electrons. The fraction of sp³-hybridized carbons (Fsp3) is 0.429. The van der Waals surface area contributed by atoms with Crippen LogP contribution < -0.4 is 10.5 Å². The van der Waals surface area contributed by atoms with Crippen LogP contribution in [0.1, 0.15) is 12.8 Å². The normalized spacial score (nSPS) is 16.6. The summed E-state index contributed by atoms with van der Waals surface area (Å²) in [6.07, 6.45) is 2.06. The first-order chi connectivity index (χ1) is 9.33. The molecular formula is C14H17N3O2. The van der Waals surface area contributed by atoms with E-state index < -0.39 is 0 Å². The van der Waals surface area contributed by atoms with Gasteiger partial charge in [-0.05, 0) is 30.9 Å². The lowest BCUT2D eigenvalue weighted by molar-refractivity contribution is 0.0492. The van der Waals surface area contributed by atoms with Crippen molar-refractivity contribution in [2.24, 2.45) is 5.92 Å². The van der Waals surface area contributed by atoms with Crippen molar-refractivity contribution in [1.82, 2.24) is 9.97 Å². The quantitative estimate of drug-likeness (QED) is 0.913. The molecule has 100 valence electrons. The van der Waals surface area contributed by atoms with Crippen molar-refractivity contribution in [2.45, 2.75) is 12.8 Å². The molecule has 0 saturated carbocycles. The maximum atomic E-state index is 5.88. The van der Waals surface area contributed by atoms with E-state index in [1.807, 2.05) is 24.3 Å². The molecule has 0 spiro atoms. The van der Waals surface area contributed by atoms with E-state index in [1.165, 1.54) is 0 Å². The Morgan fingerprint density at radius 1 is 1.16 bits per heavy atom. The molecular weight excluding hydrogens is 242 g/mol. The van der Waals surface area contributed by atoms with Crippen molar-refractivity contribution in [3.8, 4) is 5.88 Å². The summed E-state index contributed by atoms with van der Waals surface area (Å²) in [5.74, 6) is 1.30. The molecule has 0 amide bonds. The fourth-order valence-electron chi connectivity index (χ4n) is 2.21. The van der Waals surface area contributed by atoms with Crippen LogP contribution in [0.3, 0.4) is 0 Å². The fourth-order valence-corrected chi connectivity index (χ4v) is 2.21. The SMILES string of the molecule is Nc1nc2ccccc2nc1OCC1CCOCC1. The van der Waals surface area contributed by atoms with Gasteiger partial charge in [-0.2, -0.15) is 0 Å². The molecule has 0 bridgehead atoms. The minimum Gasteiger partial charge on any atom is -0.475 e. The van der Waals surface area contributed by atoms with Crippen molar-refractivity contribution in [2.75, 3.05) is 25.6 Å². The Hall–Kier alpha value is -1.88. The van der Waals surface area contributed by atoms with Crippen molar-refractivity contribution >= 4 is 16.9 Å². The van der Waals surface area contributed by atoms with Gasteiger partial charge in [-0.1, -0.05) is 12.1 Å². The van der Waals surface area contributed by atoms with Gasteiger partial charge in [0, 0.05) is 13.2 Å². The van der Waals surface area contributed by atoms with Crippen LogP contribution in [0.2, 0.25) is 0 Å². The van der Waals surface area contributed by atoms with Crippen LogP contribution in [-0.4, -0.2) is 29.8 Å². The lowest BCUT2D eigenvalue weighted by Gasteiger charge is -2.21. The van der Waals surface area contributed by atoms with Gasteiger partial charge in [-0.3, -0.25) is 0 Å². The molecule has 1 aliphatic rings. The predicted octanol–water partition coefficient (Wildman–Crippen LogP) is 2.02. The number of anilines is 1. The molecule has 5 nitrogen and oxygen atoms in total. The molecule has 19 heavy (non-hydrogen) atoms. The van der Waals surface area contributed by atoms with E-state index in [9.17, 15) is 0 Å². The van der Waals surface area contributed by atoms with Crippen molar-refractivity contribution < 1.29 is 9.47 Å². The topological polar surface area (TPSA) is 70.3 Å². The molecule has 2 aromatic rings. The second kappa shape index (κ2) is 5.40. The summed E-state index contributed by atoms with van der Waals surface area (Å²) in [5.41, 5.74) is 7.47. The van der Waals surface area contributed by atoms with Gasteiger partial charge in [0.1, 0.15) is 0 Å². The molecule has 2 heterocycles. The summed E-state index contributed by atoms with van der Waals surface area (Å²) in [6, 6.07) is 7.64. The van der Waals surface area contributed by atoms with Crippen molar-refractivity contribution in [3.63, 3.8) is 0 Å². The van der Waals surface area contributed by atoms with Crippen LogP contribution in [0.4, 0.5) is 5.82 Å². The number of para-hydroxylation sites is 2. The molecule has 0 atom stereocenters. The van der Waals surface area contributed by atoms with Crippen LogP contribution in [-0.2, 0) is 4.74 Å². The molecule has 1 saturated heterocycles. The molecule has 1 aromatic heterocycles. The van der Waals surface area contributed by atoms with Gasteiger partial charge < -0.3 is 15.2 Å². The Balaban J connectivity index is 1.74. The molecule has 5 heteroatoms. The van der Waals surface area contributed by atoms with E-state index in [2.05, 4.69) is 9.97 Å². The monoisotopic (exact) mass is 259 g/mol. The minimum absolute atomic E-state index is 0.353. The summed E-state index contributed by atoms with van der Waals surface area (Å²) >= 11 is 0. The summed E-state index contributed by atoms with van der Waals surface area (Å²) < 4.78 is 11.1. The smallest absolute Gasteiger partial charge is 0.257 e. The minimum atomic E-state index is 0.353. The Morgan fingerprint density at radius 2 is 1.84 bits per heavy atom. The Kier molecular flexibility index (Phi) is 3.46. The first kappa shape index (κ1) is 12.2. The van der Waals surface area contributed by atoms with E-state index in [-0.39, 0.29) is 0 Å². The number of rotatable bonds is 3. The maximum absolute atomic E-state index is 5.88. The highest BCUT2D eigenvalue weighted by Gasteiger charge is 2.16. The second-order valence-electron chi connectivity index (χ2n) is 4.77. The van der Waals surface area contributed by atoms with Gasteiger partial charge in [-0.15, -0.1) is 0 Å². The van der Waals surface area contributed by atoms with Crippen LogP contribution in [0.25, 0.3) is 11.0 Å². The third-order valence-electron chi connectivity index (χ3n) is 3.36. The number of nitrogen functional groups attached to an aromatic ring is 1. The van der Waals surface area contributed by atoms with Gasteiger partial charge >= 0.3 is 0 Å². The summed E-state index contributed by atoms with van der Waals surface area (Å²) in [6.45, 7) is 2.25. The average molecular weight is 259 g/mol. The number of nitrogens with two attached hydrogens (primary N) is 1. The molecule has 1 aliphatic heterocycles. The van der Waals surface area contributed by atoms with Crippen LogP contribution >= 0.6 is 0 Å². The average Bonchev–Trinajstić information content (AvgIpc) is 2.46. The number of benzene rings is 1. The molecule has 2 N–H and O–H groups in total. The highest BCUT2D eigenvalue weighted by molar-refractivity contribution is 5.76. The molecule has 1 fully saturated rings. The van der Waals surface area contributed by atoms with Gasteiger partial charge in [0.05, 0.1) is 17.6 Å². The molecule has 3 rings (SSSR count). The number of hydrogen-bond acceptors (Lipinski definition) is 5. The highest BCUT2D eigenvalue weighted by Crippen LogP contribution is 2.22. The number of ether oxygens (including phenoxy) is 2. The Morgan fingerprint density at radius 3 is 2.58 bits per heavy atom. The number of fused-ring (bicyclic) bond motifs is 1. The standard InChI is InChI=1S/C14H17N3O2/c15-13-14(19-9-10-5-7-18-8-6-10)17-12-4-2-1-3-11(12)16-13/h1-4,10H,5-9H2,(H2,15,16). The number of aromatic nitrogens is 2. The van der Waals surface area contributed by atoms with E-state index in [0.29, 0.717) is 24.2 Å². The van der Waals surface area contributed by atoms with E-state index in [0.717, 1.165) is 37.1 Å². The first-order valence-corrected chi connectivity index (χ1v) is 6.56. The second-order valence-corrected chi connectivity index (χ2v) is 4.77. The Bertz CT molecular complexity index is 568.